The summed E-state index contributed by atoms with van der Waals surface area (Å²) in [6.07, 6.45) is 6.30. The molecule has 1 N–H and O–H groups in total. The molecule has 0 saturated heterocycles. The van der Waals surface area contributed by atoms with Crippen molar-refractivity contribution in [1.82, 2.24) is 15.1 Å². The highest BCUT2D eigenvalue weighted by Gasteiger charge is 1.98. The lowest BCUT2D eigenvalue weighted by molar-refractivity contribution is 0.136. The second-order valence-electron chi connectivity index (χ2n) is 3.52. The van der Waals surface area contributed by atoms with E-state index >= 15 is 0 Å². The maximum absolute atomic E-state index is 5.27. The van der Waals surface area contributed by atoms with Crippen molar-refractivity contribution in [1.29, 1.82) is 0 Å². The van der Waals surface area contributed by atoms with Crippen molar-refractivity contribution in [3.05, 3.63) is 18.0 Å². The maximum atomic E-state index is 5.27. The summed E-state index contributed by atoms with van der Waals surface area (Å²) in [7, 11) is 1.98. The molecule has 0 radical (unpaired) electrons. The smallest absolute Gasteiger partial charge is 0.0662 e. The molecule has 4 nitrogen and oxygen atoms in total. The molecule has 0 fully saturated rings. The molecular formula is C11H21N3O. The van der Waals surface area contributed by atoms with E-state index in [1.807, 2.05) is 24.9 Å². The second kappa shape index (κ2) is 7.43. The van der Waals surface area contributed by atoms with Gasteiger partial charge in [0.25, 0.3) is 0 Å². The summed E-state index contributed by atoms with van der Waals surface area (Å²) in [5.41, 5.74) is 1.31. The summed E-state index contributed by atoms with van der Waals surface area (Å²) in [6, 6.07) is 0. The van der Waals surface area contributed by atoms with Crippen molar-refractivity contribution in [2.45, 2.75) is 26.3 Å². The molecule has 15 heavy (non-hydrogen) atoms. The Hall–Kier alpha value is -0.870. The van der Waals surface area contributed by atoms with Gasteiger partial charge in [-0.15, -0.1) is 0 Å². The fourth-order valence-electron chi connectivity index (χ4n) is 1.43. The SMILES string of the molecule is CCOCCn1cc(CCCNC)cn1. The van der Waals surface area contributed by atoms with E-state index in [9.17, 15) is 0 Å². The molecule has 1 aromatic heterocycles. The summed E-state index contributed by atoms with van der Waals surface area (Å²) in [5.74, 6) is 0. The van der Waals surface area contributed by atoms with Crippen LogP contribution in [0.5, 0.6) is 0 Å². The van der Waals surface area contributed by atoms with Crippen LogP contribution in [0.25, 0.3) is 0 Å². The number of rotatable bonds is 8. The average Bonchev–Trinajstić information content (AvgIpc) is 2.67. The number of nitrogens with one attached hydrogen (secondary N) is 1. The zero-order valence-electron chi connectivity index (χ0n) is 9.70. The van der Waals surface area contributed by atoms with E-state index in [-0.39, 0.29) is 0 Å². The van der Waals surface area contributed by atoms with Crippen molar-refractivity contribution >= 4 is 0 Å². The summed E-state index contributed by atoms with van der Waals surface area (Å²) in [6.45, 7) is 5.43. The summed E-state index contributed by atoms with van der Waals surface area (Å²) >= 11 is 0. The van der Waals surface area contributed by atoms with Crippen LogP contribution in [0.1, 0.15) is 18.9 Å². The Bertz CT molecular complexity index is 236. The molecular weight excluding hydrogens is 190 g/mol. The van der Waals surface area contributed by atoms with Crippen LogP contribution in [0.3, 0.4) is 0 Å². The molecule has 0 atom stereocenters. The van der Waals surface area contributed by atoms with E-state index in [2.05, 4.69) is 16.6 Å². The van der Waals surface area contributed by atoms with E-state index in [4.69, 9.17) is 4.74 Å². The average molecular weight is 211 g/mol. The van der Waals surface area contributed by atoms with Crippen molar-refractivity contribution < 1.29 is 4.74 Å². The minimum atomic E-state index is 0.744. The summed E-state index contributed by atoms with van der Waals surface area (Å²) < 4.78 is 7.22. The van der Waals surface area contributed by atoms with Crippen molar-refractivity contribution in [3.63, 3.8) is 0 Å². The highest BCUT2D eigenvalue weighted by atomic mass is 16.5. The van der Waals surface area contributed by atoms with E-state index in [1.54, 1.807) is 0 Å². The minimum absolute atomic E-state index is 0.744. The van der Waals surface area contributed by atoms with Gasteiger partial charge in [0.05, 0.1) is 19.3 Å². The van der Waals surface area contributed by atoms with Gasteiger partial charge in [-0.1, -0.05) is 0 Å². The Kier molecular flexibility index (Phi) is 6.04. The number of hydrogen-bond donors (Lipinski definition) is 1. The number of nitrogens with zero attached hydrogens (tertiary/aromatic N) is 2. The van der Waals surface area contributed by atoms with Crippen LogP contribution in [0.4, 0.5) is 0 Å². The first-order valence-corrected chi connectivity index (χ1v) is 5.60. The largest absolute Gasteiger partial charge is 0.380 e. The molecule has 1 rings (SSSR count). The van der Waals surface area contributed by atoms with E-state index in [0.29, 0.717) is 0 Å². The zero-order chi connectivity index (χ0) is 10.9. The summed E-state index contributed by atoms with van der Waals surface area (Å²) in [4.78, 5) is 0. The molecule has 1 aromatic rings. The molecule has 0 bridgehead atoms. The predicted molar refractivity (Wildman–Crippen MR) is 61.0 cm³/mol. The lowest BCUT2D eigenvalue weighted by Gasteiger charge is -2.00. The Morgan fingerprint density at radius 3 is 3.13 bits per heavy atom. The van der Waals surface area contributed by atoms with Gasteiger partial charge in [0.15, 0.2) is 0 Å². The number of aromatic nitrogens is 2. The van der Waals surface area contributed by atoms with Crippen LogP contribution < -0.4 is 5.32 Å². The van der Waals surface area contributed by atoms with E-state index in [1.165, 1.54) is 5.56 Å². The van der Waals surface area contributed by atoms with Gasteiger partial charge in [0, 0.05) is 12.8 Å². The Labute approximate surface area is 91.6 Å². The number of aryl methyl sites for hydroxylation is 1. The van der Waals surface area contributed by atoms with Gasteiger partial charge in [-0.05, 0) is 38.9 Å². The standard InChI is InChI=1S/C11H21N3O/c1-3-15-8-7-14-10-11(9-13-14)5-4-6-12-2/h9-10,12H,3-8H2,1-2H3. The lowest BCUT2D eigenvalue weighted by Crippen LogP contribution is -2.08. The van der Waals surface area contributed by atoms with Gasteiger partial charge in [0.1, 0.15) is 0 Å². The van der Waals surface area contributed by atoms with Crippen molar-refractivity contribution in [3.8, 4) is 0 Å². The van der Waals surface area contributed by atoms with Gasteiger partial charge in [0.2, 0.25) is 0 Å². The predicted octanol–water partition coefficient (Wildman–Crippen LogP) is 1.07. The maximum Gasteiger partial charge on any atom is 0.0662 e. The molecule has 0 saturated carbocycles. The first-order chi connectivity index (χ1) is 7.36. The van der Waals surface area contributed by atoms with Crippen LogP contribution in [0.2, 0.25) is 0 Å². The molecule has 1 heterocycles. The second-order valence-corrected chi connectivity index (χ2v) is 3.52. The monoisotopic (exact) mass is 211 g/mol. The van der Waals surface area contributed by atoms with Gasteiger partial charge in [-0.3, -0.25) is 4.68 Å². The quantitative estimate of drug-likeness (QED) is 0.654. The fourth-order valence-corrected chi connectivity index (χ4v) is 1.43. The molecule has 0 aromatic carbocycles. The molecule has 0 aliphatic heterocycles. The van der Waals surface area contributed by atoms with E-state index in [0.717, 1.165) is 39.1 Å². The highest BCUT2D eigenvalue weighted by molar-refractivity contribution is 5.03. The third-order valence-corrected chi connectivity index (χ3v) is 2.25. The molecule has 0 aliphatic carbocycles. The highest BCUT2D eigenvalue weighted by Crippen LogP contribution is 2.01. The lowest BCUT2D eigenvalue weighted by atomic mass is 10.2. The van der Waals surface area contributed by atoms with E-state index < -0.39 is 0 Å². The normalized spacial score (nSPS) is 10.8. The minimum Gasteiger partial charge on any atom is -0.380 e. The topological polar surface area (TPSA) is 39.1 Å². The van der Waals surface area contributed by atoms with Crippen LogP contribution in [0.15, 0.2) is 12.4 Å². The third kappa shape index (κ3) is 4.95. The zero-order valence-corrected chi connectivity index (χ0v) is 9.70. The fraction of sp³-hybridized carbons (Fsp3) is 0.727. The van der Waals surface area contributed by atoms with Crippen LogP contribution in [-0.2, 0) is 17.7 Å². The van der Waals surface area contributed by atoms with Crippen molar-refractivity contribution in [2.24, 2.45) is 0 Å². The Morgan fingerprint density at radius 1 is 1.53 bits per heavy atom. The first-order valence-electron chi connectivity index (χ1n) is 5.60. The molecule has 0 spiro atoms. The third-order valence-electron chi connectivity index (χ3n) is 2.25. The first kappa shape index (κ1) is 12.2. The molecule has 0 unspecified atom stereocenters. The van der Waals surface area contributed by atoms with Gasteiger partial charge >= 0.3 is 0 Å². The van der Waals surface area contributed by atoms with Gasteiger partial charge in [-0.25, -0.2) is 0 Å². The van der Waals surface area contributed by atoms with Crippen LogP contribution in [0, 0.1) is 0 Å². The Morgan fingerprint density at radius 2 is 2.40 bits per heavy atom. The Balaban J connectivity index is 2.23. The van der Waals surface area contributed by atoms with Gasteiger partial charge < -0.3 is 10.1 Å². The molecule has 0 aliphatic rings. The molecule has 0 amide bonds. The van der Waals surface area contributed by atoms with Crippen molar-refractivity contribution in [2.75, 3.05) is 26.8 Å². The van der Waals surface area contributed by atoms with Crippen LogP contribution in [-0.4, -0.2) is 36.6 Å². The molecule has 86 valence electrons. The van der Waals surface area contributed by atoms with Gasteiger partial charge in [-0.2, -0.15) is 5.10 Å². The number of ether oxygens (including phenoxy) is 1. The summed E-state index contributed by atoms with van der Waals surface area (Å²) in [5, 5.41) is 7.42. The van der Waals surface area contributed by atoms with Crippen LogP contribution >= 0.6 is 0 Å². The number of hydrogen-bond acceptors (Lipinski definition) is 3. The molecule has 4 heteroatoms.